The molecule has 0 unspecified atom stereocenters. The highest BCUT2D eigenvalue weighted by Crippen LogP contribution is 2.49. The lowest BCUT2D eigenvalue weighted by Crippen LogP contribution is -2.10. The summed E-state index contributed by atoms with van der Waals surface area (Å²) in [6, 6.07) is 187. The first kappa shape index (κ1) is 84.7. The van der Waals surface area contributed by atoms with Gasteiger partial charge < -0.3 is 28.4 Å². The monoisotopic (exact) mass is 1840 g/mol. The Bertz CT molecular complexity index is 9050. The molecule has 6 nitrogen and oxygen atoms in total. The molecule has 0 saturated carbocycles. The van der Waals surface area contributed by atoms with E-state index in [1.165, 1.54) is 109 Å². The van der Waals surface area contributed by atoms with Crippen LogP contribution < -0.4 is 14.7 Å². The second-order valence-corrected chi connectivity index (χ2v) is 36.4. The van der Waals surface area contributed by atoms with Gasteiger partial charge in [-0.25, -0.2) is 0 Å². The molecule has 0 aliphatic heterocycles. The molecule has 0 fully saturated rings. The Kier molecular flexibility index (Phi) is 22.5. The predicted octanol–water partition coefficient (Wildman–Crippen LogP) is 38.0. The molecule has 0 radical (unpaired) electrons. The van der Waals surface area contributed by atoms with Gasteiger partial charge in [-0.05, 0) is 276 Å². The number of fused-ring (bicyclic) bond motifs is 16. The van der Waals surface area contributed by atoms with Crippen molar-refractivity contribution < 1.29 is 0 Å². The number of nitrogens with zero attached hydrogens (tertiary/aromatic N) is 6. The highest BCUT2D eigenvalue weighted by Gasteiger charge is 2.25. The molecule has 0 amide bonds. The Labute approximate surface area is 821 Å². The van der Waals surface area contributed by atoms with Crippen molar-refractivity contribution >= 4 is 194 Å². The highest BCUT2D eigenvalue weighted by molar-refractivity contribution is 6.33. The zero-order valence-electron chi connectivity index (χ0n) is 75.5. The van der Waals surface area contributed by atoms with Crippen molar-refractivity contribution in [3.8, 4) is 61.6 Å². The van der Waals surface area contributed by atoms with Gasteiger partial charge in [0.25, 0.3) is 0 Å². The van der Waals surface area contributed by atoms with Crippen molar-refractivity contribution in [2.24, 2.45) is 0 Å². The van der Waals surface area contributed by atoms with Crippen LogP contribution >= 0.6 is 34.8 Å². The number of benzene rings is 23. The molecule has 23 aromatic carbocycles. The van der Waals surface area contributed by atoms with Gasteiger partial charge in [0.2, 0.25) is 0 Å². The van der Waals surface area contributed by atoms with E-state index in [1.807, 2.05) is 30.3 Å². The van der Waals surface area contributed by atoms with Gasteiger partial charge in [-0.15, -0.1) is 0 Å². The third-order valence-electron chi connectivity index (χ3n) is 26.7. The lowest BCUT2D eigenvalue weighted by Gasteiger charge is -2.27. The van der Waals surface area contributed by atoms with Crippen LogP contribution in [-0.4, -0.2) is 13.7 Å². The topological polar surface area (TPSA) is 24.5 Å². The van der Waals surface area contributed by atoms with Crippen LogP contribution in [0.3, 0.4) is 0 Å². The van der Waals surface area contributed by atoms with Crippen molar-refractivity contribution in [3.05, 3.63) is 543 Å². The Balaban J connectivity index is 0.000000114. The Morgan fingerprint density at radius 3 is 0.748 bits per heavy atom. The van der Waals surface area contributed by atoms with Crippen LogP contribution in [0.5, 0.6) is 0 Å². The molecule has 0 aliphatic carbocycles. The smallest absolute Gasteiger partial charge is 0.0547 e. The van der Waals surface area contributed by atoms with E-state index >= 15 is 0 Å². The van der Waals surface area contributed by atoms with Crippen molar-refractivity contribution in [1.29, 1.82) is 0 Å². The van der Waals surface area contributed by atoms with E-state index in [9.17, 15) is 0 Å². The Morgan fingerprint density at radius 1 is 0.144 bits per heavy atom. The maximum absolute atomic E-state index is 6.98. The van der Waals surface area contributed by atoms with E-state index in [1.54, 1.807) is 0 Å². The van der Waals surface area contributed by atoms with Crippen LogP contribution in [0.1, 0.15) is 0 Å². The van der Waals surface area contributed by atoms with Crippen molar-refractivity contribution in [1.82, 2.24) is 13.7 Å². The fraction of sp³-hybridized carbons (Fsp3) is 0. The predicted molar refractivity (Wildman–Crippen MR) is 593 cm³/mol. The largest absolute Gasteiger partial charge is 0.310 e. The third-order valence-corrected chi connectivity index (χ3v) is 27.4. The summed E-state index contributed by atoms with van der Waals surface area (Å²) in [5.74, 6) is 0. The molecule has 9 heteroatoms. The zero-order valence-corrected chi connectivity index (χ0v) is 77.8. The van der Waals surface area contributed by atoms with Crippen molar-refractivity contribution in [2.45, 2.75) is 0 Å². The van der Waals surface area contributed by atoms with Crippen LogP contribution in [0.25, 0.3) is 170 Å². The molecular formula is C130H87Cl3N6. The molecule has 3 heterocycles. The summed E-state index contributed by atoms with van der Waals surface area (Å²) in [7, 11) is 0. The summed E-state index contributed by atoms with van der Waals surface area (Å²) in [5.41, 5.74) is 28.8. The number of hydrogen-bond acceptors (Lipinski definition) is 3. The molecule has 658 valence electrons. The average Bonchev–Trinajstić information content (AvgIpc) is 1.58. The van der Waals surface area contributed by atoms with Crippen molar-refractivity contribution in [2.75, 3.05) is 14.7 Å². The van der Waals surface area contributed by atoms with Crippen molar-refractivity contribution in [3.63, 3.8) is 0 Å². The maximum Gasteiger partial charge on any atom is 0.0547 e. The van der Waals surface area contributed by atoms with Gasteiger partial charge >= 0.3 is 0 Å². The van der Waals surface area contributed by atoms with Gasteiger partial charge in [0, 0.05) is 115 Å². The van der Waals surface area contributed by atoms with E-state index in [0.717, 1.165) is 113 Å². The fourth-order valence-electron chi connectivity index (χ4n) is 20.5. The van der Waals surface area contributed by atoms with E-state index in [0.29, 0.717) is 15.1 Å². The van der Waals surface area contributed by atoms with Gasteiger partial charge in [-0.3, -0.25) is 0 Å². The molecule has 0 spiro atoms. The molecule has 26 rings (SSSR count). The summed E-state index contributed by atoms with van der Waals surface area (Å²) in [4.78, 5) is 6.83. The standard InChI is InChI=1S/C46H31ClN2.C44H29ClN2.C40H27ClN2/c47-37-28-36(29-41(31-37)48(38-15-6-2-7-16-38)40-24-20-33(21-25-40)32-12-4-1-5-13-32)35-22-26-43-45(30-35)49(39-17-8-3-9-18-39)44-27-23-34-14-10-11-19-42(34)46(43)44;45-34-26-33(27-37(29-34)46(35-15-3-1-4-16-35)41-21-11-14-30-12-7-9-19-38(30)41)32-22-24-40-43(28-32)47(36-17-5-2-6-18-36)42-25-23-31-13-8-10-20-39(31)44(40)42;41-31-24-30(25-35(27-31)42(32-13-4-1-5-14-32)33-15-6-2-7-16-33)29-20-22-37-39(26-29)43(34-17-8-3-9-18-34)38-23-21-28-12-10-11-19-36(28)40(37)38/h1-31H;1-29H;1-27H. The average molecular weight is 1840 g/mol. The third kappa shape index (κ3) is 16.2. The maximum atomic E-state index is 6.98. The van der Waals surface area contributed by atoms with Gasteiger partial charge in [-0.2, -0.15) is 0 Å². The molecule has 0 aliphatic rings. The Hall–Kier alpha value is -17.2. The van der Waals surface area contributed by atoms with Gasteiger partial charge in [0.15, 0.2) is 0 Å². The quantitative estimate of drug-likeness (QED) is 0.0964. The number of aromatic nitrogens is 3. The van der Waals surface area contributed by atoms with Crippen LogP contribution in [0.4, 0.5) is 51.2 Å². The fourth-order valence-corrected chi connectivity index (χ4v) is 21.2. The number of rotatable bonds is 16. The molecule has 0 bridgehead atoms. The van der Waals surface area contributed by atoms with E-state index in [4.69, 9.17) is 34.8 Å². The highest BCUT2D eigenvalue weighted by atomic mass is 35.5. The molecule has 26 aromatic rings. The van der Waals surface area contributed by atoms with Gasteiger partial charge in [0.1, 0.15) is 0 Å². The Morgan fingerprint density at radius 2 is 0.403 bits per heavy atom. The SMILES string of the molecule is Clc1cc(-c2ccc3c4c5ccccc5ccc4n(-c4ccccc4)c3c2)cc(N(c2ccccc2)c2ccc(-c3ccccc3)cc2)c1.Clc1cc(-c2ccc3c4c5ccccc5ccc4n(-c4ccccc4)c3c2)cc(N(c2ccccc2)c2cccc3ccccc23)c1.Clc1cc(-c2ccc3c4c5ccccc5ccc4n(-c4ccccc4)c3c2)cc(N(c2ccccc2)c2ccccc2)c1. The molecule has 0 N–H and O–H groups in total. The zero-order chi connectivity index (χ0) is 92.8. The summed E-state index contributed by atoms with van der Waals surface area (Å²) >= 11 is 20.8. The first-order valence-electron chi connectivity index (χ1n) is 46.9. The van der Waals surface area contributed by atoms with Crippen LogP contribution in [0.15, 0.2) is 528 Å². The lowest BCUT2D eigenvalue weighted by atomic mass is 10.00. The molecule has 3 aromatic heterocycles. The van der Waals surface area contributed by atoms with Crippen LogP contribution in [0.2, 0.25) is 15.1 Å². The van der Waals surface area contributed by atoms with Crippen LogP contribution in [0, 0.1) is 0 Å². The van der Waals surface area contributed by atoms with Crippen LogP contribution in [-0.2, 0) is 0 Å². The normalized spacial score (nSPS) is 11.4. The molecular weight excluding hydrogens is 1750 g/mol. The second-order valence-electron chi connectivity index (χ2n) is 35.1. The van der Waals surface area contributed by atoms with Gasteiger partial charge in [0.05, 0.1) is 38.8 Å². The van der Waals surface area contributed by atoms with Gasteiger partial charge in [-0.1, -0.05) is 368 Å². The first-order valence-corrected chi connectivity index (χ1v) is 48.0. The minimum atomic E-state index is 0.684. The number of para-hydroxylation sites is 7. The summed E-state index contributed by atoms with van der Waals surface area (Å²) in [6.45, 7) is 0. The minimum absolute atomic E-state index is 0.684. The summed E-state index contributed by atoms with van der Waals surface area (Å²) < 4.78 is 7.15. The first-order chi connectivity index (χ1) is 68.7. The molecule has 0 saturated heterocycles. The lowest BCUT2D eigenvalue weighted by molar-refractivity contribution is 1.18. The number of anilines is 9. The second kappa shape index (κ2) is 36.9. The van der Waals surface area contributed by atoms with E-state index in [2.05, 4.69) is 526 Å². The summed E-state index contributed by atoms with van der Waals surface area (Å²) in [6.07, 6.45) is 0. The number of halogens is 3. The minimum Gasteiger partial charge on any atom is -0.310 e. The van der Waals surface area contributed by atoms with E-state index < -0.39 is 0 Å². The van der Waals surface area contributed by atoms with E-state index in [-0.39, 0.29) is 0 Å². The molecule has 0 atom stereocenters. The summed E-state index contributed by atoms with van der Waals surface area (Å²) in [5, 5.41) is 19.4. The number of hydrogen-bond donors (Lipinski definition) is 0. The molecule has 139 heavy (non-hydrogen) atoms.